The zero-order valence-electron chi connectivity index (χ0n) is 12.4. The first-order chi connectivity index (χ1) is 10.4. The van der Waals surface area contributed by atoms with Gasteiger partial charge in [0.1, 0.15) is 6.23 Å². The highest BCUT2D eigenvalue weighted by Gasteiger charge is 2.16. The standard InChI is InChI=1S/C18H20N2O/c1-2-3-6-15-8-10-16(11-9-15)17-13-19-20(14-17)18-7-4-5-12-21-18/h8-11,13-14,18H,2,4-5,7,12H2,1H3. The molecule has 0 saturated carbocycles. The molecule has 0 bridgehead atoms. The fraction of sp³-hybridized carbons (Fsp3) is 0.389. The summed E-state index contributed by atoms with van der Waals surface area (Å²) in [6.45, 7) is 2.90. The van der Waals surface area contributed by atoms with Crippen LogP contribution in [0.2, 0.25) is 0 Å². The normalized spacial score (nSPS) is 18.0. The van der Waals surface area contributed by atoms with Gasteiger partial charge in [-0.15, -0.1) is 0 Å². The van der Waals surface area contributed by atoms with Crippen LogP contribution in [0.4, 0.5) is 0 Å². The Morgan fingerprint density at radius 1 is 1.24 bits per heavy atom. The first kappa shape index (κ1) is 13.9. The third kappa shape index (κ3) is 3.34. The van der Waals surface area contributed by atoms with E-state index in [1.54, 1.807) is 0 Å². The van der Waals surface area contributed by atoms with Crippen LogP contribution in [0.1, 0.15) is 44.4 Å². The van der Waals surface area contributed by atoms with Crippen molar-refractivity contribution in [3.63, 3.8) is 0 Å². The van der Waals surface area contributed by atoms with Crippen LogP contribution in [-0.2, 0) is 4.74 Å². The molecule has 1 unspecified atom stereocenters. The summed E-state index contributed by atoms with van der Waals surface area (Å²) in [4.78, 5) is 0. The van der Waals surface area contributed by atoms with Crippen LogP contribution >= 0.6 is 0 Å². The van der Waals surface area contributed by atoms with E-state index >= 15 is 0 Å². The van der Waals surface area contributed by atoms with Gasteiger partial charge in [-0.25, -0.2) is 4.68 Å². The van der Waals surface area contributed by atoms with E-state index in [1.807, 2.05) is 10.9 Å². The smallest absolute Gasteiger partial charge is 0.150 e. The molecule has 3 rings (SSSR count). The summed E-state index contributed by atoms with van der Waals surface area (Å²) in [6, 6.07) is 8.32. The van der Waals surface area contributed by atoms with Gasteiger partial charge in [-0.3, -0.25) is 0 Å². The van der Waals surface area contributed by atoms with Gasteiger partial charge in [0.25, 0.3) is 0 Å². The van der Waals surface area contributed by atoms with E-state index in [1.165, 1.54) is 12.0 Å². The number of aromatic nitrogens is 2. The van der Waals surface area contributed by atoms with Crippen LogP contribution in [0.25, 0.3) is 11.1 Å². The van der Waals surface area contributed by atoms with E-state index in [4.69, 9.17) is 4.74 Å². The quantitative estimate of drug-likeness (QED) is 0.777. The van der Waals surface area contributed by atoms with Gasteiger partial charge in [-0.05, 0) is 37.0 Å². The predicted molar refractivity (Wildman–Crippen MR) is 83.7 cm³/mol. The summed E-state index contributed by atoms with van der Waals surface area (Å²) in [5.41, 5.74) is 3.35. The monoisotopic (exact) mass is 280 g/mol. The van der Waals surface area contributed by atoms with E-state index in [0.717, 1.165) is 37.0 Å². The predicted octanol–water partition coefficient (Wildman–Crippen LogP) is 4.01. The lowest BCUT2D eigenvalue weighted by Gasteiger charge is -2.22. The Morgan fingerprint density at radius 2 is 2.10 bits per heavy atom. The lowest BCUT2D eigenvalue weighted by molar-refractivity contribution is -0.0394. The highest BCUT2D eigenvalue weighted by atomic mass is 16.5. The summed E-state index contributed by atoms with van der Waals surface area (Å²) >= 11 is 0. The number of hydrogen-bond acceptors (Lipinski definition) is 2. The van der Waals surface area contributed by atoms with Gasteiger partial charge in [0.2, 0.25) is 0 Å². The maximum Gasteiger partial charge on any atom is 0.150 e. The number of rotatable bonds is 2. The van der Waals surface area contributed by atoms with Crippen LogP contribution in [0.15, 0.2) is 36.7 Å². The minimum Gasteiger partial charge on any atom is -0.357 e. The molecule has 0 aliphatic carbocycles. The van der Waals surface area contributed by atoms with Gasteiger partial charge in [0, 0.05) is 30.4 Å². The molecule has 1 aromatic carbocycles. The van der Waals surface area contributed by atoms with Crippen molar-refractivity contribution < 1.29 is 4.74 Å². The van der Waals surface area contributed by atoms with Gasteiger partial charge in [0.05, 0.1) is 6.20 Å². The highest BCUT2D eigenvalue weighted by Crippen LogP contribution is 2.25. The number of benzene rings is 1. The molecular formula is C18H20N2O. The van der Waals surface area contributed by atoms with Crippen LogP contribution in [0, 0.1) is 11.8 Å². The second-order valence-electron chi connectivity index (χ2n) is 5.26. The van der Waals surface area contributed by atoms with Crippen LogP contribution in [0.5, 0.6) is 0 Å². The number of nitrogens with zero attached hydrogens (tertiary/aromatic N) is 2. The summed E-state index contributed by atoms with van der Waals surface area (Å²) < 4.78 is 7.70. The van der Waals surface area contributed by atoms with Crippen molar-refractivity contribution in [2.45, 2.75) is 38.8 Å². The van der Waals surface area contributed by atoms with Crippen LogP contribution < -0.4 is 0 Å². The molecule has 1 fully saturated rings. The highest BCUT2D eigenvalue weighted by molar-refractivity contribution is 5.62. The lowest BCUT2D eigenvalue weighted by Crippen LogP contribution is -2.18. The molecule has 1 aromatic heterocycles. The zero-order valence-corrected chi connectivity index (χ0v) is 12.4. The molecular weight excluding hydrogens is 260 g/mol. The van der Waals surface area contributed by atoms with Crippen molar-refractivity contribution in [3.05, 3.63) is 42.2 Å². The van der Waals surface area contributed by atoms with Crippen molar-refractivity contribution in [3.8, 4) is 23.0 Å². The maximum absolute atomic E-state index is 5.76. The van der Waals surface area contributed by atoms with Crippen LogP contribution in [-0.4, -0.2) is 16.4 Å². The van der Waals surface area contributed by atoms with E-state index in [9.17, 15) is 0 Å². The molecule has 1 atom stereocenters. The average molecular weight is 280 g/mol. The minimum absolute atomic E-state index is 0.0993. The molecule has 0 radical (unpaired) electrons. The Morgan fingerprint density at radius 3 is 2.81 bits per heavy atom. The van der Waals surface area contributed by atoms with Crippen molar-refractivity contribution in [2.75, 3.05) is 6.61 Å². The molecule has 1 aliphatic heterocycles. The third-order valence-electron chi connectivity index (χ3n) is 3.68. The Balaban J connectivity index is 1.76. The van der Waals surface area contributed by atoms with Gasteiger partial charge >= 0.3 is 0 Å². The molecule has 2 heterocycles. The lowest BCUT2D eigenvalue weighted by atomic mass is 10.1. The first-order valence-electron chi connectivity index (χ1n) is 7.62. The van der Waals surface area contributed by atoms with Crippen molar-refractivity contribution in [1.29, 1.82) is 0 Å². The van der Waals surface area contributed by atoms with Crippen molar-refractivity contribution >= 4 is 0 Å². The molecule has 21 heavy (non-hydrogen) atoms. The molecule has 0 amide bonds. The second kappa shape index (κ2) is 6.60. The van der Waals surface area contributed by atoms with Gasteiger partial charge < -0.3 is 4.74 Å². The zero-order chi connectivity index (χ0) is 14.5. The molecule has 0 spiro atoms. The van der Waals surface area contributed by atoms with E-state index in [0.29, 0.717) is 0 Å². The van der Waals surface area contributed by atoms with E-state index in [2.05, 4.69) is 54.3 Å². The first-order valence-corrected chi connectivity index (χ1v) is 7.62. The Kier molecular flexibility index (Phi) is 4.37. The summed E-state index contributed by atoms with van der Waals surface area (Å²) in [5, 5.41) is 4.45. The Labute approximate surface area is 125 Å². The summed E-state index contributed by atoms with van der Waals surface area (Å²) in [6.07, 6.45) is 8.38. The molecule has 1 saturated heterocycles. The fourth-order valence-corrected chi connectivity index (χ4v) is 2.51. The maximum atomic E-state index is 5.76. The number of ether oxygens (including phenoxy) is 1. The molecule has 0 N–H and O–H groups in total. The van der Waals surface area contributed by atoms with Crippen molar-refractivity contribution in [1.82, 2.24) is 9.78 Å². The second-order valence-corrected chi connectivity index (χ2v) is 5.26. The van der Waals surface area contributed by atoms with Gasteiger partial charge in [0.15, 0.2) is 0 Å². The topological polar surface area (TPSA) is 27.1 Å². The van der Waals surface area contributed by atoms with Crippen molar-refractivity contribution in [2.24, 2.45) is 0 Å². The molecule has 108 valence electrons. The van der Waals surface area contributed by atoms with E-state index in [-0.39, 0.29) is 6.23 Å². The minimum atomic E-state index is 0.0993. The molecule has 2 aromatic rings. The molecule has 3 nitrogen and oxygen atoms in total. The SMILES string of the molecule is CCC#Cc1ccc(-c2cnn(C3CCCCO3)c2)cc1. The Bertz CT molecular complexity index is 640. The largest absolute Gasteiger partial charge is 0.357 e. The average Bonchev–Trinajstić information content (AvgIpc) is 3.04. The van der Waals surface area contributed by atoms with Gasteiger partial charge in [-0.2, -0.15) is 5.10 Å². The van der Waals surface area contributed by atoms with E-state index < -0.39 is 0 Å². The summed E-state index contributed by atoms with van der Waals surface area (Å²) in [7, 11) is 0. The van der Waals surface area contributed by atoms with Crippen LogP contribution in [0.3, 0.4) is 0 Å². The fourth-order valence-electron chi connectivity index (χ4n) is 2.51. The number of hydrogen-bond donors (Lipinski definition) is 0. The third-order valence-corrected chi connectivity index (χ3v) is 3.68. The van der Waals surface area contributed by atoms with Gasteiger partial charge in [-0.1, -0.05) is 30.9 Å². The molecule has 1 aliphatic rings. The Hall–Kier alpha value is -2.05. The summed E-state index contributed by atoms with van der Waals surface area (Å²) in [5.74, 6) is 6.23. The molecule has 3 heteroatoms.